The van der Waals surface area contributed by atoms with Gasteiger partial charge in [-0.2, -0.15) is 0 Å². The van der Waals surface area contributed by atoms with Gasteiger partial charge in [0.25, 0.3) is 0 Å². The van der Waals surface area contributed by atoms with Crippen molar-refractivity contribution in [2.75, 3.05) is 19.8 Å². The molecule has 3 heteroatoms. The van der Waals surface area contributed by atoms with Crippen LogP contribution in [0.2, 0.25) is 0 Å². The van der Waals surface area contributed by atoms with Crippen LogP contribution in [-0.2, 0) is 34.0 Å². The Morgan fingerprint density at radius 1 is 0.429 bits per heavy atom. The average molecular weight is 376 g/mol. The van der Waals surface area contributed by atoms with Crippen LogP contribution in [0.25, 0.3) is 0 Å². The van der Waals surface area contributed by atoms with E-state index in [1.807, 2.05) is 54.6 Å². The van der Waals surface area contributed by atoms with Gasteiger partial charge >= 0.3 is 0 Å². The summed E-state index contributed by atoms with van der Waals surface area (Å²) in [7, 11) is 0. The Kier molecular flexibility index (Phi) is 8.75. The van der Waals surface area contributed by atoms with E-state index in [1.54, 1.807) is 0 Å². The monoisotopic (exact) mass is 376 g/mol. The summed E-state index contributed by atoms with van der Waals surface area (Å²) in [4.78, 5) is 0. The molecule has 0 radical (unpaired) electrons. The van der Waals surface area contributed by atoms with Gasteiger partial charge in [-0.05, 0) is 16.7 Å². The van der Waals surface area contributed by atoms with Gasteiger partial charge in [0.1, 0.15) is 0 Å². The molecule has 28 heavy (non-hydrogen) atoms. The summed E-state index contributed by atoms with van der Waals surface area (Å²) in [6, 6.07) is 30.7. The van der Waals surface area contributed by atoms with Crippen LogP contribution in [0.3, 0.4) is 0 Å². The highest BCUT2D eigenvalue weighted by molar-refractivity contribution is 5.14. The second kappa shape index (κ2) is 12.1. The quantitative estimate of drug-likeness (QED) is 0.432. The van der Waals surface area contributed by atoms with Crippen molar-refractivity contribution in [1.29, 1.82) is 0 Å². The normalized spacial score (nSPS) is 11.0. The standard InChI is InChI=1S/C25H28O3/c1-4-10-22(11-5-1)16-26-19-25(20-27-17-23-12-6-2-7-13-23)21-28-18-24-14-8-3-9-15-24/h1-15,25H,16-21H2. The zero-order chi connectivity index (χ0) is 19.3. The summed E-state index contributed by atoms with van der Waals surface area (Å²) in [5.41, 5.74) is 3.53. The molecule has 0 fully saturated rings. The Bertz CT molecular complexity index is 651. The minimum Gasteiger partial charge on any atom is -0.376 e. The van der Waals surface area contributed by atoms with Gasteiger partial charge in [-0.25, -0.2) is 0 Å². The summed E-state index contributed by atoms with van der Waals surface area (Å²) < 4.78 is 17.8. The summed E-state index contributed by atoms with van der Waals surface area (Å²) in [6.45, 7) is 3.65. The van der Waals surface area contributed by atoms with Crippen LogP contribution in [-0.4, -0.2) is 19.8 Å². The van der Waals surface area contributed by atoms with E-state index in [1.165, 1.54) is 16.7 Å². The van der Waals surface area contributed by atoms with Gasteiger partial charge in [0.05, 0.1) is 39.6 Å². The lowest BCUT2D eigenvalue weighted by molar-refractivity contribution is -0.0178. The van der Waals surface area contributed by atoms with Gasteiger partial charge in [-0.1, -0.05) is 91.0 Å². The Morgan fingerprint density at radius 3 is 1.00 bits per heavy atom. The van der Waals surface area contributed by atoms with Crippen molar-refractivity contribution in [2.24, 2.45) is 5.92 Å². The van der Waals surface area contributed by atoms with Crippen molar-refractivity contribution in [3.8, 4) is 0 Å². The van der Waals surface area contributed by atoms with Gasteiger partial charge in [0.2, 0.25) is 0 Å². The Morgan fingerprint density at radius 2 is 0.714 bits per heavy atom. The van der Waals surface area contributed by atoms with Crippen molar-refractivity contribution >= 4 is 0 Å². The van der Waals surface area contributed by atoms with E-state index in [0.29, 0.717) is 39.6 Å². The van der Waals surface area contributed by atoms with Gasteiger partial charge in [0.15, 0.2) is 0 Å². The first-order valence-electron chi connectivity index (χ1n) is 9.75. The highest BCUT2D eigenvalue weighted by Crippen LogP contribution is 2.09. The van der Waals surface area contributed by atoms with Crippen molar-refractivity contribution in [3.05, 3.63) is 108 Å². The van der Waals surface area contributed by atoms with Crippen LogP contribution < -0.4 is 0 Å². The zero-order valence-electron chi connectivity index (χ0n) is 16.2. The number of hydrogen-bond acceptors (Lipinski definition) is 3. The Balaban J connectivity index is 1.44. The van der Waals surface area contributed by atoms with Gasteiger partial charge in [0, 0.05) is 5.92 Å². The molecule has 0 aliphatic heterocycles. The van der Waals surface area contributed by atoms with Crippen LogP contribution in [0.5, 0.6) is 0 Å². The minimum atomic E-state index is 0.191. The molecular weight excluding hydrogens is 348 g/mol. The van der Waals surface area contributed by atoms with E-state index in [-0.39, 0.29) is 5.92 Å². The van der Waals surface area contributed by atoms with E-state index in [9.17, 15) is 0 Å². The highest BCUT2D eigenvalue weighted by atomic mass is 16.5. The molecule has 0 atom stereocenters. The number of rotatable bonds is 12. The smallest absolute Gasteiger partial charge is 0.0717 e. The molecule has 146 valence electrons. The molecule has 0 aromatic heterocycles. The molecule has 0 saturated heterocycles. The molecule has 3 aromatic rings. The fourth-order valence-corrected chi connectivity index (χ4v) is 2.90. The predicted molar refractivity (Wildman–Crippen MR) is 112 cm³/mol. The molecular formula is C25H28O3. The molecule has 0 unspecified atom stereocenters. The fourth-order valence-electron chi connectivity index (χ4n) is 2.90. The number of ether oxygens (including phenoxy) is 3. The molecule has 0 bridgehead atoms. The molecule has 0 saturated carbocycles. The van der Waals surface area contributed by atoms with E-state index >= 15 is 0 Å². The van der Waals surface area contributed by atoms with Crippen molar-refractivity contribution in [2.45, 2.75) is 19.8 Å². The largest absolute Gasteiger partial charge is 0.376 e. The number of hydrogen-bond donors (Lipinski definition) is 0. The van der Waals surface area contributed by atoms with Gasteiger partial charge < -0.3 is 14.2 Å². The summed E-state index contributed by atoms with van der Waals surface area (Å²) >= 11 is 0. The maximum absolute atomic E-state index is 5.93. The van der Waals surface area contributed by atoms with E-state index in [0.717, 1.165) is 0 Å². The summed E-state index contributed by atoms with van der Waals surface area (Å²) in [6.07, 6.45) is 0. The third-order valence-electron chi connectivity index (χ3n) is 4.40. The highest BCUT2D eigenvalue weighted by Gasteiger charge is 2.11. The molecule has 0 heterocycles. The van der Waals surface area contributed by atoms with E-state index in [4.69, 9.17) is 14.2 Å². The second-order valence-corrected chi connectivity index (χ2v) is 6.87. The van der Waals surface area contributed by atoms with Crippen LogP contribution in [0.15, 0.2) is 91.0 Å². The molecule has 0 aliphatic carbocycles. The van der Waals surface area contributed by atoms with Crippen LogP contribution in [0, 0.1) is 5.92 Å². The summed E-state index contributed by atoms with van der Waals surface area (Å²) in [5.74, 6) is 0.191. The lowest BCUT2D eigenvalue weighted by Gasteiger charge is -2.18. The first-order valence-corrected chi connectivity index (χ1v) is 9.75. The third kappa shape index (κ3) is 7.65. The maximum atomic E-state index is 5.93. The predicted octanol–water partition coefficient (Wildman–Crippen LogP) is 5.25. The van der Waals surface area contributed by atoms with Crippen molar-refractivity contribution < 1.29 is 14.2 Å². The van der Waals surface area contributed by atoms with Crippen molar-refractivity contribution in [3.63, 3.8) is 0 Å². The first-order chi connectivity index (χ1) is 13.9. The minimum absolute atomic E-state index is 0.191. The summed E-state index contributed by atoms with van der Waals surface area (Å²) in [5, 5.41) is 0. The topological polar surface area (TPSA) is 27.7 Å². The molecule has 0 amide bonds. The second-order valence-electron chi connectivity index (χ2n) is 6.87. The van der Waals surface area contributed by atoms with E-state index in [2.05, 4.69) is 36.4 Å². The third-order valence-corrected chi connectivity index (χ3v) is 4.40. The average Bonchev–Trinajstić information content (AvgIpc) is 2.76. The fraction of sp³-hybridized carbons (Fsp3) is 0.280. The lowest BCUT2D eigenvalue weighted by Crippen LogP contribution is -2.22. The molecule has 3 nitrogen and oxygen atoms in total. The Labute approximate surface area is 167 Å². The van der Waals surface area contributed by atoms with Gasteiger partial charge in [-0.3, -0.25) is 0 Å². The maximum Gasteiger partial charge on any atom is 0.0717 e. The lowest BCUT2D eigenvalue weighted by atomic mass is 10.2. The van der Waals surface area contributed by atoms with E-state index < -0.39 is 0 Å². The van der Waals surface area contributed by atoms with Crippen LogP contribution in [0.1, 0.15) is 16.7 Å². The van der Waals surface area contributed by atoms with Gasteiger partial charge in [-0.15, -0.1) is 0 Å². The van der Waals surface area contributed by atoms with Crippen LogP contribution >= 0.6 is 0 Å². The van der Waals surface area contributed by atoms with Crippen molar-refractivity contribution in [1.82, 2.24) is 0 Å². The molecule has 3 rings (SSSR count). The molecule has 0 N–H and O–H groups in total. The molecule has 0 aliphatic rings. The Hall–Kier alpha value is -2.46. The van der Waals surface area contributed by atoms with Crippen LogP contribution in [0.4, 0.5) is 0 Å². The molecule has 0 spiro atoms. The zero-order valence-corrected chi connectivity index (χ0v) is 16.2. The SMILES string of the molecule is c1ccc(COCC(COCc2ccccc2)COCc2ccccc2)cc1. The number of benzene rings is 3. The molecule has 3 aromatic carbocycles. The first kappa shape index (κ1) is 20.3.